The van der Waals surface area contributed by atoms with Crippen molar-refractivity contribution in [1.29, 1.82) is 0 Å². The third kappa shape index (κ3) is 3.64. The van der Waals surface area contributed by atoms with Crippen LogP contribution < -0.4 is 10.6 Å². The van der Waals surface area contributed by atoms with Crippen molar-refractivity contribution in [3.63, 3.8) is 0 Å². The molecule has 0 aliphatic heterocycles. The van der Waals surface area contributed by atoms with Crippen molar-refractivity contribution in [1.82, 2.24) is 25.4 Å². The Morgan fingerprint density at radius 3 is 2.90 bits per heavy atom. The van der Waals surface area contributed by atoms with Crippen LogP contribution in [0.4, 0.5) is 0 Å². The summed E-state index contributed by atoms with van der Waals surface area (Å²) in [6.45, 7) is 0.586. The molecule has 0 saturated carbocycles. The quantitative estimate of drug-likeness (QED) is 0.801. The molecule has 1 unspecified atom stereocenters. The predicted molar refractivity (Wildman–Crippen MR) is 76.0 cm³/mol. The average Bonchev–Trinajstić information content (AvgIpc) is 2.87. The summed E-state index contributed by atoms with van der Waals surface area (Å²) in [6, 6.07) is 3.51. The zero-order valence-corrected chi connectivity index (χ0v) is 11.7. The maximum atomic E-state index is 12.1. The van der Waals surface area contributed by atoms with Crippen LogP contribution in [-0.2, 0) is 18.3 Å². The summed E-state index contributed by atoms with van der Waals surface area (Å²) in [6.07, 6.45) is 7.84. The van der Waals surface area contributed by atoms with Gasteiger partial charge in [0.2, 0.25) is 5.91 Å². The third-order valence-electron chi connectivity index (χ3n) is 3.04. The van der Waals surface area contributed by atoms with Crippen LogP contribution in [0.15, 0.2) is 36.9 Å². The Labute approximate surface area is 118 Å². The third-order valence-corrected chi connectivity index (χ3v) is 3.04. The van der Waals surface area contributed by atoms with Crippen LogP contribution in [0.2, 0.25) is 0 Å². The Morgan fingerprint density at radius 1 is 1.45 bits per heavy atom. The van der Waals surface area contributed by atoms with Crippen molar-refractivity contribution in [2.45, 2.75) is 12.5 Å². The molecule has 6 heteroatoms. The molecule has 1 atom stereocenters. The fraction of sp³-hybridized carbons (Fsp3) is 0.357. The van der Waals surface area contributed by atoms with Crippen molar-refractivity contribution < 1.29 is 4.79 Å². The van der Waals surface area contributed by atoms with Crippen molar-refractivity contribution in [3.8, 4) is 0 Å². The summed E-state index contributed by atoms with van der Waals surface area (Å²) in [4.78, 5) is 16.2. The number of likely N-dealkylation sites (N-methyl/N-ethyl adjacent to an activating group) is 1. The molecule has 2 N–H and O–H groups in total. The maximum absolute atomic E-state index is 12.1. The smallest absolute Gasteiger partial charge is 0.241 e. The lowest BCUT2D eigenvalue weighted by molar-refractivity contribution is -0.123. The minimum atomic E-state index is -0.377. The van der Waals surface area contributed by atoms with Crippen LogP contribution in [0.3, 0.4) is 0 Å². The first-order valence-electron chi connectivity index (χ1n) is 6.53. The molecule has 0 fully saturated rings. The van der Waals surface area contributed by atoms with Gasteiger partial charge in [0.1, 0.15) is 6.04 Å². The fourth-order valence-electron chi connectivity index (χ4n) is 2.02. The van der Waals surface area contributed by atoms with Crippen LogP contribution >= 0.6 is 0 Å². The highest BCUT2D eigenvalue weighted by Gasteiger charge is 2.19. The molecule has 6 nitrogen and oxygen atoms in total. The molecule has 106 valence electrons. The zero-order chi connectivity index (χ0) is 14.4. The van der Waals surface area contributed by atoms with E-state index in [1.165, 1.54) is 0 Å². The first kappa shape index (κ1) is 14.2. The number of carbonyl (C=O) groups is 1. The molecule has 0 saturated heterocycles. The Morgan fingerprint density at radius 2 is 2.30 bits per heavy atom. The summed E-state index contributed by atoms with van der Waals surface area (Å²) < 4.78 is 1.68. The summed E-state index contributed by atoms with van der Waals surface area (Å²) in [5, 5.41) is 10.0. The highest BCUT2D eigenvalue weighted by Crippen LogP contribution is 2.10. The first-order chi connectivity index (χ1) is 9.70. The molecule has 0 radical (unpaired) electrons. The second-order valence-corrected chi connectivity index (χ2v) is 4.57. The van der Waals surface area contributed by atoms with Gasteiger partial charge in [-0.15, -0.1) is 0 Å². The lowest BCUT2D eigenvalue weighted by Crippen LogP contribution is -2.36. The van der Waals surface area contributed by atoms with Crippen molar-refractivity contribution in [2.24, 2.45) is 7.05 Å². The van der Waals surface area contributed by atoms with Crippen molar-refractivity contribution >= 4 is 5.91 Å². The molecule has 2 aromatic heterocycles. The van der Waals surface area contributed by atoms with E-state index in [0.29, 0.717) is 6.54 Å². The molecule has 0 aliphatic carbocycles. The second-order valence-electron chi connectivity index (χ2n) is 4.57. The molecule has 2 heterocycles. The number of rotatable bonds is 6. The molecule has 0 spiro atoms. The van der Waals surface area contributed by atoms with Gasteiger partial charge in [-0.1, -0.05) is 6.07 Å². The molecule has 20 heavy (non-hydrogen) atoms. The van der Waals surface area contributed by atoms with Gasteiger partial charge in [0, 0.05) is 37.7 Å². The maximum Gasteiger partial charge on any atom is 0.241 e. The van der Waals surface area contributed by atoms with Crippen molar-refractivity contribution in [3.05, 3.63) is 48.0 Å². The SMILES string of the molecule is CNC(C(=O)NCCc1cccnc1)c1cnn(C)c1. The summed E-state index contributed by atoms with van der Waals surface area (Å²) >= 11 is 0. The molecular weight excluding hydrogens is 254 g/mol. The molecule has 0 aliphatic rings. The standard InChI is InChI=1S/C14H19N5O/c1-15-13(12-9-18-19(2)10-12)14(20)17-7-5-11-4-3-6-16-8-11/h3-4,6,8-10,13,15H,5,7H2,1-2H3,(H,17,20). The normalized spacial score (nSPS) is 12.1. The molecule has 2 aromatic rings. The largest absolute Gasteiger partial charge is 0.354 e. The van der Waals surface area contributed by atoms with Crippen LogP contribution in [0.1, 0.15) is 17.2 Å². The minimum Gasteiger partial charge on any atom is -0.354 e. The number of aryl methyl sites for hydroxylation is 1. The highest BCUT2D eigenvalue weighted by atomic mass is 16.2. The van der Waals surface area contributed by atoms with Crippen LogP contribution in [-0.4, -0.2) is 34.3 Å². The number of aromatic nitrogens is 3. The van der Waals surface area contributed by atoms with Gasteiger partial charge in [0.05, 0.1) is 6.20 Å². The van der Waals surface area contributed by atoms with E-state index in [1.54, 1.807) is 24.1 Å². The number of nitrogens with zero attached hydrogens (tertiary/aromatic N) is 3. The van der Waals surface area contributed by atoms with Crippen LogP contribution in [0.5, 0.6) is 0 Å². The molecule has 0 aromatic carbocycles. The van der Waals surface area contributed by atoms with Gasteiger partial charge in [-0.05, 0) is 25.1 Å². The second kappa shape index (κ2) is 6.81. The van der Waals surface area contributed by atoms with E-state index in [4.69, 9.17) is 0 Å². The van der Waals surface area contributed by atoms with Gasteiger partial charge in [-0.2, -0.15) is 5.10 Å². The zero-order valence-electron chi connectivity index (χ0n) is 11.7. The summed E-state index contributed by atoms with van der Waals surface area (Å²) in [7, 11) is 3.59. The number of hydrogen-bond donors (Lipinski definition) is 2. The van der Waals surface area contributed by atoms with Gasteiger partial charge in [0.15, 0.2) is 0 Å². The lowest BCUT2D eigenvalue weighted by atomic mass is 10.1. The van der Waals surface area contributed by atoms with E-state index >= 15 is 0 Å². The summed E-state index contributed by atoms with van der Waals surface area (Å²) in [5.74, 6) is -0.0515. The van der Waals surface area contributed by atoms with Crippen LogP contribution in [0, 0.1) is 0 Å². The predicted octanol–water partition coefficient (Wildman–Crippen LogP) is 0.434. The van der Waals surface area contributed by atoms with Gasteiger partial charge in [-0.25, -0.2) is 0 Å². The van der Waals surface area contributed by atoms with E-state index in [2.05, 4.69) is 20.7 Å². The Balaban J connectivity index is 1.87. The summed E-state index contributed by atoms with van der Waals surface area (Å²) in [5.41, 5.74) is 1.96. The monoisotopic (exact) mass is 273 g/mol. The number of nitrogens with one attached hydrogen (secondary N) is 2. The molecule has 2 rings (SSSR count). The fourth-order valence-corrected chi connectivity index (χ4v) is 2.02. The Hall–Kier alpha value is -2.21. The van der Waals surface area contributed by atoms with Gasteiger partial charge in [0.25, 0.3) is 0 Å². The number of hydrogen-bond acceptors (Lipinski definition) is 4. The lowest BCUT2D eigenvalue weighted by Gasteiger charge is -2.14. The van der Waals surface area contributed by atoms with E-state index < -0.39 is 0 Å². The topological polar surface area (TPSA) is 71.8 Å². The number of amides is 1. The van der Waals surface area contributed by atoms with E-state index in [-0.39, 0.29) is 11.9 Å². The van der Waals surface area contributed by atoms with Crippen molar-refractivity contribution in [2.75, 3.05) is 13.6 Å². The van der Waals surface area contributed by atoms with Gasteiger partial charge in [-0.3, -0.25) is 14.5 Å². The van der Waals surface area contributed by atoms with Gasteiger partial charge < -0.3 is 10.6 Å². The Bertz CT molecular complexity index is 552. The number of pyridine rings is 1. The molecule has 0 bridgehead atoms. The first-order valence-corrected chi connectivity index (χ1v) is 6.53. The average molecular weight is 273 g/mol. The Kier molecular flexibility index (Phi) is 4.84. The van der Waals surface area contributed by atoms with E-state index in [0.717, 1.165) is 17.5 Å². The van der Waals surface area contributed by atoms with E-state index in [9.17, 15) is 4.79 Å². The van der Waals surface area contributed by atoms with E-state index in [1.807, 2.05) is 31.6 Å². The minimum absolute atomic E-state index is 0.0515. The molecule has 1 amide bonds. The molecular formula is C14H19N5O. The highest BCUT2D eigenvalue weighted by molar-refractivity contribution is 5.83. The number of carbonyl (C=O) groups excluding carboxylic acids is 1. The van der Waals surface area contributed by atoms with Gasteiger partial charge >= 0.3 is 0 Å². The van der Waals surface area contributed by atoms with Crippen LogP contribution in [0.25, 0.3) is 0 Å².